The van der Waals surface area contributed by atoms with Crippen molar-refractivity contribution in [3.05, 3.63) is 82.6 Å². The van der Waals surface area contributed by atoms with E-state index < -0.39 is 11.6 Å². The lowest BCUT2D eigenvalue weighted by Gasteiger charge is -2.25. The number of nitrogens with zero attached hydrogens (tertiary/aromatic N) is 1. The lowest BCUT2D eigenvalue weighted by atomic mass is 9.83. The van der Waals surface area contributed by atoms with E-state index in [2.05, 4.69) is 16.4 Å². The number of rotatable bonds is 6. The maximum absolute atomic E-state index is 13.4. The fourth-order valence-electron chi connectivity index (χ4n) is 4.22. The van der Waals surface area contributed by atoms with Gasteiger partial charge in [-0.3, -0.25) is 4.98 Å². The monoisotopic (exact) mass is 441 g/mol. The Bertz CT molecular complexity index is 1030. The average Bonchev–Trinajstić information content (AvgIpc) is 2.75. The third-order valence-electron chi connectivity index (χ3n) is 5.89. The minimum atomic E-state index is -0.582. The van der Waals surface area contributed by atoms with Crippen molar-refractivity contribution in [2.24, 2.45) is 11.7 Å². The van der Waals surface area contributed by atoms with E-state index >= 15 is 0 Å². The number of nitrogens with one attached hydrogen (secondary N) is 1. The van der Waals surface area contributed by atoms with Gasteiger partial charge in [-0.2, -0.15) is 0 Å². The minimum absolute atomic E-state index is 0.317. The molecule has 1 aromatic heterocycles. The van der Waals surface area contributed by atoms with Crippen LogP contribution in [0.3, 0.4) is 0 Å². The topological polar surface area (TPSA) is 50.9 Å². The smallest absolute Gasteiger partial charge is 0.126 e. The highest BCUT2D eigenvalue weighted by atomic mass is 35.5. The third-order valence-corrected chi connectivity index (χ3v) is 6.19. The summed E-state index contributed by atoms with van der Waals surface area (Å²) in [5.41, 5.74) is 10.3. The Morgan fingerprint density at radius 2 is 1.74 bits per heavy atom. The first-order valence-electron chi connectivity index (χ1n) is 10.7. The SMILES string of the molecule is NC1CCC(Cc2cc(-c3cccc(NCc4cc(F)cc(F)c4)c3)c(Cl)cn2)CC1. The number of anilines is 1. The molecular weight excluding hydrogens is 416 g/mol. The molecule has 0 unspecified atom stereocenters. The zero-order valence-electron chi connectivity index (χ0n) is 17.3. The van der Waals surface area contributed by atoms with Crippen LogP contribution in [-0.2, 0) is 13.0 Å². The highest BCUT2D eigenvalue weighted by Crippen LogP contribution is 2.32. The molecule has 3 aromatic rings. The normalized spacial score (nSPS) is 18.7. The molecule has 1 fully saturated rings. The maximum Gasteiger partial charge on any atom is 0.126 e. The fourth-order valence-corrected chi connectivity index (χ4v) is 4.43. The summed E-state index contributed by atoms with van der Waals surface area (Å²) in [6.45, 7) is 0.317. The van der Waals surface area contributed by atoms with Crippen molar-refractivity contribution in [3.63, 3.8) is 0 Å². The van der Waals surface area contributed by atoms with Crippen molar-refractivity contribution in [1.29, 1.82) is 0 Å². The number of halogens is 3. The van der Waals surface area contributed by atoms with Crippen LogP contribution in [0.5, 0.6) is 0 Å². The largest absolute Gasteiger partial charge is 0.381 e. The van der Waals surface area contributed by atoms with Gasteiger partial charge in [0.05, 0.1) is 5.02 Å². The maximum atomic E-state index is 13.4. The first-order chi connectivity index (χ1) is 15.0. The molecule has 0 saturated heterocycles. The molecule has 2 aromatic carbocycles. The Morgan fingerprint density at radius 1 is 1.00 bits per heavy atom. The highest BCUT2D eigenvalue weighted by Gasteiger charge is 2.19. The molecule has 0 aliphatic heterocycles. The minimum Gasteiger partial charge on any atom is -0.381 e. The summed E-state index contributed by atoms with van der Waals surface area (Å²) in [7, 11) is 0. The number of aromatic nitrogens is 1. The molecule has 0 radical (unpaired) electrons. The molecule has 3 nitrogen and oxygen atoms in total. The average molecular weight is 442 g/mol. The standard InChI is InChI=1S/C25H26ClF2N3/c26-25-15-31-23(10-16-4-6-21(29)7-5-16)13-24(25)18-2-1-3-22(11-18)30-14-17-8-19(27)12-20(28)9-17/h1-3,8-9,11-13,15-16,21,30H,4-7,10,14,29H2. The Kier molecular flexibility index (Phi) is 6.83. The van der Waals surface area contributed by atoms with Gasteiger partial charge >= 0.3 is 0 Å². The second-order valence-corrected chi connectivity index (χ2v) is 8.76. The molecule has 0 bridgehead atoms. The van der Waals surface area contributed by atoms with E-state index in [0.717, 1.165) is 60.7 Å². The summed E-state index contributed by atoms with van der Waals surface area (Å²) >= 11 is 6.47. The third kappa shape index (κ3) is 5.81. The van der Waals surface area contributed by atoms with E-state index in [1.807, 2.05) is 24.3 Å². The molecule has 0 amide bonds. The molecule has 0 atom stereocenters. The number of nitrogens with two attached hydrogens (primary N) is 1. The Balaban J connectivity index is 1.48. The van der Waals surface area contributed by atoms with E-state index in [9.17, 15) is 8.78 Å². The van der Waals surface area contributed by atoms with Crippen molar-refractivity contribution in [3.8, 4) is 11.1 Å². The van der Waals surface area contributed by atoms with Gasteiger partial charge in [-0.05, 0) is 79.5 Å². The molecule has 1 aliphatic rings. The van der Waals surface area contributed by atoms with Gasteiger partial charge in [0.15, 0.2) is 0 Å². The van der Waals surface area contributed by atoms with Crippen molar-refractivity contribution in [2.75, 3.05) is 5.32 Å². The molecule has 0 spiro atoms. The summed E-state index contributed by atoms with van der Waals surface area (Å²) in [5.74, 6) is -0.552. The predicted molar refractivity (Wildman–Crippen MR) is 122 cm³/mol. The van der Waals surface area contributed by atoms with E-state index in [4.69, 9.17) is 17.3 Å². The quantitative estimate of drug-likeness (QED) is 0.468. The Labute approximate surface area is 186 Å². The van der Waals surface area contributed by atoms with Crippen LogP contribution >= 0.6 is 11.6 Å². The number of pyridine rings is 1. The molecule has 1 aliphatic carbocycles. The van der Waals surface area contributed by atoms with Crippen LogP contribution in [0.4, 0.5) is 14.5 Å². The van der Waals surface area contributed by atoms with Gasteiger partial charge in [0.2, 0.25) is 0 Å². The molecule has 4 rings (SSSR count). The number of benzene rings is 2. The summed E-state index contributed by atoms with van der Waals surface area (Å²) < 4.78 is 26.8. The summed E-state index contributed by atoms with van der Waals surface area (Å²) in [5, 5.41) is 3.82. The van der Waals surface area contributed by atoms with Crippen molar-refractivity contribution < 1.29 is 8.78 Å². The van der Waals surface area contributed by atoms with E-state index in [-0.39, 0.29) is 0 Å². The van der Waals surface area contributed by atoms with Crippen LogP contribution in [0.15, 0.2) is 54.7 Å². The van der Waals surface area contributed by atoms with Gasteiger partial charge < -0.3 is 11.1 Å². The molecular formula is C25H26ClF2N3. The van der Waals surface area contributed by atoms with Crippen molar-refractivity contribution in [1.82, 2.24) is 4.98 Å². The van der Waals surface area contributed by atoms with Gasteiger partial charge in [0, 0.05) is 41.8 Å². The van der Waals surface area contributed by atoms with E-state index in [1.165, 1.54) is 12.1 Å². The molecule has 6 heteroatoms. The van der Waals surface area contributed by atoms with Gasteiger partial charge in [-0.1, -0.05) is 23.7 Å². The molecule has 1 heterocycles. The van der Waals surface area contributed by atoms with Gasteiger partial charge in [-0.15, -0.1) is 0 Å². The number of hydrogen-bond donors (Lipinski definition) is 2. The second-order valence-electron chi connectivity index (χ2n) is 8.35. The van der Waals surface area contributed by atoms with E-state index in [1.54, 1.807) is 6.20 Å². The Hall–Kier alpha value is -2.50. The van der Waals surface area contributed by atoms with Crippen LogP contribution in [0.25, 0.3) is 11.1 Å². The molecule has 1 saturated carbocycles. The Morgan fingerprint density at radius 3 is 2.48 bits per heavy atom. The molecule has 3 N–H and O–H groups in total. The number of hydrogen-bond acceptors (Lipinski definition) is 3. The summed E-state index contributed by atoms with van der Waals surface area (Å²) in [4.78, 5) is 4.54. The predicted octanol–water partition coefficient (Wildman–Crippen LogP) is 6.35. The lowest BCUT2D eigenvalue weighted by Crippen LogP contribution is -2.27. The van der Waals surface area contributed by atoms with Gasteiger partial charge in [-0.25, -0.2) is 8.78 Å². The van der Waals surface area contributed by atoms with Crippen LogP contribution in [0, 0.1) is 17.6 Å². The van der Waals surface area contributed by atoms with E-state index in [0.29, 0.717) is 29.1 Å². The van der Waals surface area contributed by atoms with Crippen LogP contribution < -0.4 is 11.1 Å². The van der Waals surface area contributed by atoms with Crippen LogP contribution in [0.2, 0.25) is 5.02 Å². The summed E-state index contributed by atoms with van der Waals surface area (Å²) in [6, 6.07) is 13.8. The van der Waals surface area contributed by atoms with Crippen LogP contribution in [-0.4, -0.2) is 11.0 Å². The zero-order chi connectivity index (χ0) is 21.8. The lowest BCUT2D eigenvalue weighted by molar-refractivity contribution is 0.323. The summed E-state index contributed by atoms with van der Waals surface area (Å²) in [6.07, 6.45) is 7.08. The van der Waals surface area contributed by atoms with Gasteiger partial charge in [0.25, 0.3) is 0 Å². The molecule has 31 heavy (non-hydrogen) atoms. The van der Waals surface area contributed by atoms with Crippen molar-refractivity contribution >= 4 is 17.3 Å². The first kappa shape index (κ1) is 21.7. The first-order valence-corrected chi connectivity index (χ1v) is 11.0. The second kappa shape index (κ2) is 9.75. The van der Waals surface area contributed by atoms with Gasteiger partial charge in [0.1, 0.15) is 11.6 Å². The molecule has 162 valence electrons. The fraction of sp³-hybridized carbons (Fsp3) is 0.320. The highest BCUT2D eigenvalue weighted by molar-refractivity contribution is 6.33. The zero-order valence-corrected chi connectivity index (χ0v) is 18.0. The van der Waals surface area contributed by atoms with Crippen LogP contribution in [0.1, 0.15) is 36.9 Å². The van der Waals surface area contributed by atoms with Crippen molar-refractivity contribution in [2.45, 2.75) is 44.7 Å².